The summed E-state index contributed by atoms with van der Waals surface area (Å²) in [6.45, 7) is 20.3. The third kappa shape index (κ3) is 27.3. The van der Waals surface area contributed by atoms with Crippen LogP contribution in [-0.2, 0) is 23.9 Å². The van der Waals surface area contributed by atoms with Gasteiger partial charge in [0.15, 0.2) is 0 Å². The summed E-state index contributed by atoms with van der Waals surface area (Å²) in [6, 6.07) is 0. The summed E-state index contributed by atoms with van der Waals surface area (Å²) in [6.07, 6.45) is 7.59. The highest BCUT2D eigenvalue weighted by atomic mass is 16.5. The van der Waals surface area contributed by atoms with Crippen LogP contribution in [0.25, 0.3) is 0 Å². The van der Waals surface area contributed by atoms with E-state index in [9.17, 15) is 19.2 Å². The second-order valence-corrected chi connectivity index (χ2v) is 9.13. The summed E-state index contributed by atoms with van der Waals surface area (Å²) in [5.74, 6) is -2.60. The summed E-state index contributed by atoms with van der Waals surface area (Å²) in [5.41, 5.74) is -0.371. The van der Waals surface area contributed by atoms with Gasteiger partial charge in [-0.2, -0.15) is 0 Å². The number of aliphatic hydroxyl groups excluding tert-OH is 3. The van der Waals surface area contributed by atoms with Crippen molar-refractivity contribution in [1.29, 1.82) is 0 Å². The van der Waals surface area contributed by atoms with Gasteiger partial charge in [-0.1, -0.05) is 54.0 Å². The lowest BCUT2D eigenvalue weighted by Gasteiger charge is -2.38. The number of hydrogen-bond acceptors (Lipinski definition) is 8. The zero-order valence-corrected chi connectivity index (χ0v) is 23.0. The van der Waals surface area contributed by atoms with Crippen LogP contribution in [0.15, 0.2) is 50.6 Å². The Morgan fingerprint density at radius 1 is 0.816 bits per heavy atom. The van der Waals surface area contributed by atoms with Gasteiger partial charge < -0.3 is 35.4 Å². The van der Waals surface area contributed by atoms with Crippen molar-refractivity contribution in [3.63, 3.8) is 0 Å². The predicted molar refractivity (Wildman–Crippen MR) is 144 cm³/mol. The van der Waals surface area contributed by atoms with Crippen LogP contribution in [0.5, 0.6) is 0 Å². The maximum absolute atomic E-state index is 11.1. The highest BCUT2D eigenvalue weighted by molar-refractivity contribution is 5.81. The molecule has 0 saturated heterocycles. The van der Waals surface area contributed by atoms with E-state index in [0.29, 0.717) is 17.8 Å². The number of ether oxygens (including phenoxy) is 1. The fourth-order valence-electron chi connectivity index (χ4n) is 3.05. The highest BCUT2D eigenvalue weighted by Crippen LogP contribution is 2.39. The van der Waals surface area contributed by atoms with Crippen LogP contribution in [0.3, 0.4) is 0 Å². The van der Waals surface area contributed by atoms with Gasteiger partial charge in [-0.15, -0.1) is 0 Å². The van der Waals surface area contributed by atoms with Crippen LogP contribution in [0.1, 0.15) is 53.4 Å². The molecule has 0 heterocycles. The Morgan fingerprint density at radius 3 is 1.34 bits per heavy atom. The number of hydrogen-bond donors (Lipinski definition) is 6. The number of esters is 1. The molecule has 0 bridgehead atoms. The van der Waals surface area contributed by atoms with Crippen LogP contribution >= 0.6 is 0 Å². The first kappa shape index (κ1) is 41.8. The first-order valence-corrected chi connectivity index (χ1v) is 11.7. The van der Waals surface area contributed by atoms with Gasteiger partial charge in [0.05, 0.1) is 19.8 Å². The van der Waals surface area contributed by atoms with Gasteiger partial charge >= 0.3 is 23.9 Å². The SMILES string of the molecule is C=CC(=O)O.C=CC(=O)O.C=CC(=O)O.C=CC(=O)OC1CC(C)CC(C)(C)C1.CCC(CO)(CO)CO. The predicted octanol–water partition coefficient (Wildman–Crippen LogP) is 3.06. The largest absolute Gasteiger partial charge is 0.478 e. The molecule has 0 aliphatic heterocycles. The van der Waals surface area contributed by atoms with E-state index in [4.69, 9.17) is 35.4 Å². The molecule has 0 radical (unpaired) electrons. The maximum atomic E-state index is 11.1. The number of carbonyl (C=O) groups excluding carboxylic acids is 1. The Hall–Kier alpha value is -3.28. The number of aliphatic carboxylic acids is 3. The summed E-state index contributed by atoms with van der Waals surface area (Å²) >= 11 is 0. The van der Waals surface area contributed by atoms with Crippen molar-refractivity contribution in [2.45, 2.75) is 59.5 Å². The molecule has 0 spiro atoms. The van der Waals surface area contributed by atoms with Crippen LogP contribution in [0.2, 0.25) is 0 Å². The molecule has 1 saturated carbocycles. The molecule has 38 heavy (non-hydrogen) atoms. The van der Waals surface area contributed by atoms with Gasteiger partial charge in [-0.05, 0) is 37.0 Å². The Kier molecular flexibility index (Phi) is 26.5. The first-order valence-electron chi connectivity index (χ1n) is 11.7. The Balaban J connectivity index is -0.000000208. The van der Waals surface area contributed by atoms with Crippen LogP contribution < -0.4 is 0 Å². The molecule has 2 unspecified atom stereocenters. The van der Waals surface area contributed by atoms with Gasteiger partial charge in [0.1, 0.15) is 6.10 Å². The van der Waals surface area contributed by atoms with E-state index >= 15 is 0 Å². The molecule has 220 valence electrons. The number of aliphatic hydroxyl groups is 3. The lowest BCUT2D eigenvalue weighted by atomic mass is 9.71. The van der Waals surface area contributed by atoms with Gasteiger partial charge in [0.2, 0.25) is 0 Å². The van der Waals surface area contributed by atoms with Crippen LogP contribution in [-0.4, -0.2) is 80.4 Å². The summed E-state index contributed by atoms with van der Waals surface area (Å²) < 4.78 is 5.29. The fourth-order valence-corrected chi connectivity index (χ4v) is 3.05. The lowest BCUT2D eigenvalue weighted by molar-refractivity contribution is -0.147. The minimum atomic E-state index is -0.981. The molecule has 11 nitrogen and oxygen atoms in total. The second kappa shape index (κ2) is 24.1. The first-order chi connectivity index (χ1) is 17.5. The zero-order valence-electron chi connectivity index (χ0n) is 23.0. The topological polar surface area (TPSA) is 199 Å². The van der Waals surface area contributed by atoms with E-state index in [-0.39, 0.29) is 31.9 Å². The molecule has 0 aromatic heterocycles. The van der Waals surface area contributed by atoms with Gasteiger partial charge in [-0.25, -0.2) is 19.2 Å². The molecule has 1 aliphatic rings. The van der Waals surface area contributed by atoms with E-state index in [2.05, 4.69) is 47.1 Å². The Labute approximate surface area is 225 Å². The summed E-state index contributed by atoms with van der Waals surface area (Å²) in [4.78, 5) is 38.8. The van der Waals surface area contributed by atoms with Crippen molar-refractivity contribution in [3.05, 3.63) is 50.6 Å². The number of carbonyl (C=O) groups is 4. The van der Waals surface area contributed by atoms with Gasteiger partial charge in [0, 0.05) is 29.7 Å². The molecule has 0 aromatic rings. The minimum absolute atomic E-state index is 0.0826. The molecule has 0 aromatic carbocycles. The zero-order chi connectivity index (χ0) is 30.9. The molecule has 1 aliphatic carbocycles. The fraction of sp³-hybridized carbons (Fsp3) is 0.556. The highest BCUT2D eigenvalue weighted by Gasteiger charge is 2.33. The van der Waals surface area contributed by atoms with Crippen molar-refractivity contribution >= 4 is 23.9 Å². The van der Waals surface area contributed by atoms with Crippen molar-refractivity contribution < 1.29 is 54.6 Å². The van der Waals surface area contributed by atoms with Crippen molar-refractivity contribution in [2.24, 2.45) is 16.7 Å². The summed E-state index contributed by atoms with van der Waals surface area (Å²) in [5, 5.41) is 48.8. The molecule has 0 amide bonds. The van der Waals surface area contributed by atoms with Crippen molar-refractivity contribution in [1.82, 2.24) is 0 Å². The minimum Gasteiger partial charge on any atom is -0.478 e. The standard InChI is InChI=1S/C12H20O2.C6H14O3.3C3H4O2/c1-5-11(13)14-10-6-9(2)7-12(3,4)8-10;1-2-6(3-7,4-8)5-9;3*1-2-3(4)5/h5,9-10H,1,6-8H2,2-4H3;7-9H,2-5H2,1H3;3*2H,1H2,(H,4,5). The Morgan fingerprint density at radius 2 is 1.16 bits per heavy atom. The van der Waals surface area contributed by atoms with E-state index in [1.807, 2.05) is 6.92 Å². The molecular weight excluding hydrogens is 500 g/mol. The van der Waals surface area contributed by atoms with Crippen molar-refractivity contribution in [3.8, 4) is 0 Å². The number of carboxylic acids is 3. The van der Waals surface area contributed by atoms with E-state index in [0.717, 1.165) is 31.1 Å². The monoisotopic (exact) mass is 546 g/mol. The average Bonchev–Trinajstić information content (AvgIpc) is 2.85. The number of rotatable bonds is 9. The molecular formula is C27H46O11. The van der Waals surface area contributed by atoms with Crippen LogP contribution in [0.4, 0.5) is 0 Å². The van der Waals surface area contributed by atoms with E-state index < -0.39 is 23.3 Å². The third-order valence-corrected chi connectivity index (χ3v) is 5.08. The Bertz CT molecular complexity index is 677. The molecule has 11 heteroatoms. The normalized spacial score (nSPS) is 16.7. The molecule has 1 fully saturated rings. The molecule has 2 atom stereocenters. The smallest absolute Gasteiger partial charge is 0.330 e. The molecule has 6 N–H and O–H groups in total. The van der Waals surface area contributed by atoms with Crippen molar-refractivity contribution in [2.75, 3.05) is 19.8 Å². The molecule has 1 rings (SSSR count). The second-order valence-electron chi connectivity index (χ2n) is 9.13. The quantitative estimate of drug-likeness (QED) is 0.183. The van der Waals surface area contributed by atoms with Gasteiger partial charge in [0.25, 0.3) is 0 Å². The lowest BCUT2D eigenvalue weighted by Crippen LogP contribution is -2.33. The summed E-state index contributed by atoms with van der Waals surface area (Å²) in [7, 11) is 0. The van der Waals surface area contributed by atoms with Gasteiger partial charge in [-0.3, -0.25) is 0 Å². The maximum Gasteiger partial charge on any atom is 0.330 e. The third-order valence-electron chi connectivity index (χ3n) is 5.08. The van der Waals surface area contributed by atoms with E-state index in [1.54, 1.807) is 0 Å². The van der Waals surface area contributed by atoms with Crippen LogP contribution in [0, 0.1) is 16.7 Å². The van der Waals surface area contributed by atoms with E-state index in [1.165, 1.54) is 12.5 Å². The number of carboxylic acid groups (broad SMARTS) is 3. The average molecular weight is 547 g/mol.